The number of hydrogen-bond acceptors (Lipinski definition) is 4. The van der Waals surface area contributed by atoms with Gasteiger partial charge in [0.1, 0.15) is 11.3 Å². The summed E-state index contributed by atoms with van der Waals surface area (Å²) in [7, 11) is 0. The number of nitrogens with one attached hydrogen (secondary N) is 1. The Kier molecular flexibility index (Phi) is 3.88. The Hall–Kier alpha value is -1.40. The van der Waals surface area contributed by atoms with Crippen LogP contribution in [0.25, 0.3) is 16.2 Å². The zero-order chi connectivity index (χ0) is 14.9. The summed E-state index contributed by atoms with van der Waals surface area (Å²) in [6.07, 6.45) is 1.97. The first-order valence-corrected chi connectivity index (χ1v) is 8.70. The van der Waals surface area contributed by atoms with Crippen LogP contribution < -0.4 is 5.32 Å². The smallest absolute Gasteiger partial charge is 0.137 e. The molecule has 1 fully saturated rings. The van der Waals surface area contributed by atoms with Crippen molar-refractivity contribution in [3.05, 3.63) is 46.6 Å². The van der Waals surface area contributed by atoms with Crippen molar-refractivity contribution in [2.24, 2.45) is 0 Å². The van der Waals surface area contributed by atoms with Crippen molar-refractivity contribution in [3.8, 4) is 10.6 Å². The molecular formula is C16H17ClN4S. The van der Waals surface area contributed by atoms with Crippen molar-refractivity contribution in [1.82, 2.24) is 19.6 Å². The van der Waals surface area contributed by atoms with E-state index in [2.05, 4.69) is 32.1 Å². The maximum absolute atomic E-state index is 6.20. The van der Waals surface area contributed by atoms with Crippen LogP contribution in [0.15, 0.2) is 35.8 Å². The molecule has 0 atom stereocenters. The van der Waals surface area contributed by atoms with E-state index in [0.29, 0.717) is 0 Å². The Balaban J connectivity index is 1.81. The Morgan fingerprint density at radius 1 is 1.23 bits per heavy atom. The van der Waals surface area contributed by atoms with Crippen molar-refractivity contribution >= 4 is 28.6 Å². The zero-order valence-electron chi connectivity index (χ0n) is 12.1. The fraction of sp³-hybridized carbons (Fsp3) is 0.312. The predicted octanol–water partition coefficient (Wildman–Crippen LogP) is 3.12. The van der Waals surface area contributed by atoms with Crippen molar-refractivity contribution in [1.29, 1.82) is 0 Å². The molecule has 3 aromatic heterocycles. The molecule has 22 heavy (non-hydrogen) atoms. The van der Waals surface area contributed by atoms with Gasteiger partial charge in [-0.25, -0.2) is 4.98 Å². The van der Waals surface area contributed by atoms with E-state index in [1.165, 1.54) is 10.6 Å². The van der Waals surface area contributed by atoms with Crippen molar-refractivity contribution < 1.29 is 0 Å². The van der Waals surface area contributed by atoms with Gasteiger partial charge in [0.2, 0.25) is 0 Å². The standard InChI is InChI=1S/C16H17ClN4S/c17-12-3-4-15-19-16(14-2-1-9-22-14)13(21(15)10-12)11-20-7-5-18-6-8-20/h1-4,9-10,18H,5-8,11H2. The molecule has 0 amide bonds. The summed E-state index contributed by atoms with van der Waals surface area (Å²) < 4.78 is 2.14. The normalized spacial score (nSPS) is 16.4. The molecule has 0 aliphatic carbocycles. The third-order valence-corrected chi connectivity index (χ3v) is 5.12. The van der Waals surface area contributed by atoms with Crippen LogP contribution in [0.3, 0.4) is 0 Å². The molecule has 4 heterocycles. The summed E-state index contributed by atoms with van der Waals surface area (Å²) in [6, 6.07) is 8.10. The van der Waals surface area contributed by atoms with Crippen molar-refractivity contribution in [2.75, 3.05) is 26.2 Å². The fourth-order valence-electron chi connectivity index (χ4n) is 2.91. The summed E-state index contributed by atoms with van der Waals surface area (Å²) >= 11 is 7.93. The summed E-state index contributed by atoms with van der Waals surface area (Å²) in [5, 5.41) is 6.24. The molecule has 4 rings (SSSR count). The third kappa shape index (κ3) is 2.65. The number of thiophene rings is 1. The van der Waals surface area contributed by atoms with Gasteiger partial charge in [0.05, 0.1) is 15.6 Å². The van der Waals surface area contributed by atoms with Gasteiger partial charge in [0, 0.05) is 38.9 Å². The largest absolute Gasteiger partial charge is 0.314 e. The number of hydrogen-bond donors (Lipinski definition) is 1. The minimum absolute atomic E-state index is 0.740. The van der Waals surface area contributed by atoms with E-state index in [9.17, 15) is 0 Å². The van der Waals surface area contributed by atoms with Crippen LogP contribution in [0.2, 0.25) is 5.02 Å². The van der Waals surface area contributed by atoms with Crippen molar-refractivity contribution in [2.45, 2.75) is 6.54 Å². The minimum atomic E-state index is 0.740. The summed E-state index contributed by atoms with van der Waals surface area (Å²) in [4.78, 5) is 8.52. The van der Waals surface area contributed by atoms with Crippen LogP contribution in [-0.2, 0) is 6.54 Å². The molecule has 1 N–H and O–H groups in total. The van der Waals surface area contributed by atoms with E-state index < -0.39 is 0 Å². The molecule has 1 saturated heterocycles. The molecule has 6 heteroatoms. The zero-order valence-corrected chi connectivity index (χ0v) is 13.7. The van der Waals surface area contributed by atoms with Gasteiger partial charge in [0.15, 0.2) is 0 Å². The lowest BCUT2D eigenvalue weighted by atomic mass is 10.2. The van der Waals surface area contributed by atoms with Gasteiger partial charge < -0.3 is 9.72 Å². The van der Waals surface area contributed by atoms with Crippen LogP contribution in [0.4, 0.5) is 0 Å². The van der Waals surface area contributed by atoms with Gasteiger partial charge in [-0.3, -0.25) is 4.90 Å². The van der Waals surface area contributed by atoms with E-state index in [0.717, 1.165) is 49.1 Å². The van der Waals surface area contributed by atoms with E-state index in [4.69, 9.17) is 16.6 Å². The fourth-order valence-corrected chi connectivity index (χ4v) is 3.81. The van der Waals surface area contributed by atoms with Gasteiger partial charge in [-0.05, 0) is 23.6 Å². The Labute approximate surface area is 138 Å². The molecule has 0 aromatic carbocycles. The lowest BCUT2D eigenvalue weighted by molar-refractivity contribution is 0.230. The van der Waals surface area contributed by atoms with Crippen LogP contribution in [-0.4, -0.2) is 40.5 Å². The first-order chi connectivity index (χ1) is 10.8. The number of pyridine rings is 1. The molecular weight excluding hydrogens is 316 g/mol. The topological polar surface area (TPSA) is 32.6 Å². The number of rotatable bonds is 3. The number of halogens is 1. The molecule has 0 radical (unpaired) electrons. The van der Waals surface area contributed by atoms with Crippen molar-refractivity contribution in [3.63, 3.8) is 0 Å². The Bertz CT molecular complexity index is 775. The maximum atomic E-state index is 6.20. The van der Waals surface area contributed by atoms with Gasteiger partial charge in [0.25, 0.3) is 0 Å². The highest BCUT2D eigenvalue weighted by molar-refractivity contribution is 7.13. The Morgan fingerprint density at radius 3 is 2.86 bits per heavy atom. The quantitative estimate of drug-likeness (QED) is 0.800. The molecule has 114 valence electrons. The highest BCUT2D eigenvalue weighted by Gasteiger charge is 2.19. The number of fused-ring (bicyclic) bond motifs is 1. The molecule has 0 unspecified atom stereocenters. The van der Waals surface area contributed by atoms with Gasteiger partial charge in [-0.2, -0.15) is 0 Å². The first-order valence-electron chi connectivity index (χ1n) is 7.45. The predicted molar refractivity (Wildman–Crippen MR) is 91.7 cm³/mol. The number of piperazine rings is 1. The summed E-state index contributed by atoms with van der Waals surface area (Å²) in [6.45, 7) is 5.13. The van der Waals surface area contributed by atoms with Crippen LogP contribution in [0.5, 0.6) is 0 Å². The highest BCUT2D eigenvalue weighted by atomic mass is 35.5. The number of nitrogens with zero attached hydrogens (tertiary/aromatic N) is 3. The third-order valence-electron chi connectivity index (χ3n) is 4.02. The van der Waals surface area contributed by atoms with Gasteiger partial charge in [-0.15, -0.1) is 11.3 Å². The maximum Gasteiger partial charge on any atom is 0.137 e. The molecule has 1 aliphatic heterocycles. The van der Waals surface area contributed by atoms with Crippen LogP contribution >= 0.6 is 22.9 Å². The summed E-state index contributed by atoms with van der Waals surface area (Å²) in [5.74, 6) is 0. The van der Waals surface area contributed by atoms with Crippen LogP contribution in [0, 0.1) is 0 Å². The van der Waals surface area contributed by atoms with E-state index in [1.54, 1.807) is 11.3 Å². The van der Waals surface area contributed by atoms with E-state index in [1.807, 2.05) is 18.3 Å². The van der Waals surface area contributed by atoms with E-state index >= 15 is 0 Å². The molecule has 0 bridgehead atoms. The molecule has 1 aliphatic rings. The second-order valence-corrected chi connectivity index (χ2v) is 6.87. The lowest BCUT2D eigenvalue weighted by Gasteiger charge is -2.27. The van der Waals surface area contributed by atoms with E-state index in [-0.39, 0.29) is 0 Å². The minimum Gasteiger partial charge on any atom is -0.314 e. The second kappa shape index (κ2) is 6.01. The monoisotopic (exact) mass is 332 g/mol. The number of aromatic nitrogens is 2. The summed E-state index contributed by atoms with van der Waals surface area (Å²) in [5.41, 5.74) is 3.26. The van der Waals surface area contributed by atoms with Gasteiger partial charge in [-0.1, -0.05) is 17.7 Å². The average molecular weight is 333 g/mol. The molecule has 3 aromatic rings. The molecule has 0 spiro atoms. The highest BCUT2D eigenvalue weighted by Crippen LogP contribution is 2.30. The SMILES string of the molecule is Clc1ccc2nc(-c3cccs3)c(CN3CCNCC3)n2c1. The number of imidazole rings is 1. The first kappa shape index (κ1) is 14.2. The lowest BCUT2D eigenvalue weighted by Crippen LogP contribution is -2.43. The second-order valence-electron chi connectivity index (χ2n) is 5.49. The van der Waals surface area contributed by atoms with Crippen LogP contribution in [0.1, 0.15) is 5.69 Å². The van der Waals surface area contributed by atoms with Gasteiger partial charge >= 0.3 is 0 Å². The molecule has 0 saturated carbocycles. The Morgan fingerprint density at radius 2 is 2.09 bits per heavy atom. The molecule has 4 nitrogen and oxygen atoms in total. The average Bonchev–Trinajstić information content (AvgIpc) is 3.17.